The summed E-state index contributed by atoms with van der Waals surface area (Å²) in [6, 6.07) is 15.8. The van der Waals surface area contributed by atoms with Crippen molar-refractivity contribution in [1.29, 1.82) is 0 Å². The van der Waals surface area contributed by atoms with E-state index in [4.69, 9.17) is 0 Å². The molecule has 25 heavy (non-hydrogen) atoms. The van der Waals surface area contributed by atoms with Crippen LogP contribution in [0.15, 0.2) is 67.0 Å². The van der Waals surface area contributed by atoms with E-state index in [0.717, 1.165) is 5.56 Å². The second-order valence-corrected chi connectivity index (χ2v) is 5.18. The van der Waals surface area contributed by atoms with Crippen molar-refractivity contribution < 1.29 is 14.3 Å². The van der Waals surface area contributed by atoms with E-state index in [1.165, 1.54) is 19.2 Å². The van der Waals surface area contributed by atoms with E-state index in [1.807, 2.05) is 30.3 Å². The van der Waals surface area contributed by atoms with E-state index in [1.54, 1.807) is 24.5 Å². The number of carbonyl (C=O) groups excluding carboxylic acids is 2. The molecule has 0 unspecified atom stereocenters. The van der Waals surface area contributed by atoms with E-state index in [0.29, 0.717) is 22.6 Å². The fourth-order valence-corrected chi connectivity index (χ4v) is 2.21. The number of nitrogens with one attached hydrogen (secondary N) is 1. The summed E-state index contributed by atoms with van der Waals surface area (Å²) in [5.41, 5.74) is 2.19. The fraction of sp³-hybridized carbons (Fsp3) is 0.0526. The van der Waals surface area contributed by atoms with Crippen molar-refractivity contribution in [2.45, 2.75) is 0 Å². The zero-order valence-corrected chi connectivity index (χ0v) is 13.5. The average molecular weight is 333 g/mol. The van der Waals surface area contributed by atoms with Crippen molar-refractivity contribution in [2.24, 2.45) is 0 Å². The van der Waals surface area contributed by atoms with Gasteiger partial charge in [0, 0.05) is 11.1 Å². The zero-order valence-electron chi connectivity index (χ0n) is 13.5. The lowest BCUT2D eigenvalue weighted by Gasteiger charge is -2.06. The highest BCUT2D eigenvalue weighted by atomic mass is 16.5. The molecule has 1 heterocycles. The van der Waals surface area contributed by atoms with Crippen LogP contribution in [-0.2, 0) is 4.74 Å². The molecule has 6 heteroatoms. The van der Waals surface area contributed by atoms with E-state index in [-0.39, 0.29) is 5.91 Å². The molecule has 3 aromatic rings. The van der Waals surface area contributed by atoms with Crippen molar-refractivity contribution in [3.05, 3.63) is 78.1 Å². The summed E-state index contributed by atoms with van der Waals surface area (Å²) in [4.78, 5) is 32.1. The number of carbonyl (C=O) groups is 2. The van der Waals surface area contributed by atoms with Gasteiger partial charge in [-0.1, -0.05) is 30.3 Å². The standard InChI is InChI=1S/C19H15N3O3/c1-25-19(24)15-9-7-14(8-10-15)18(23)22-16-11-20-17(21-12-16)13-5-3-2-4-6-13/h2-12H,1H3,(H,22,23). The lowest BCUT2D eigenvalue weighted by molar-refractivity contribution is 0.0600. The van der Waals surface area contributed by atoms with Crippen molar-refractivity contribution in [1.82, 2.24) is 9.97 Å². The Kier molecular flexibility index (Phi) is 4.80. The van der Waals surface area contributed by atoms with Gasteiger partial charge in [0.15, 0.2) is 5.82 Å². The number of benzene rings is 2. The molecule has 1 aromatic heterocycles. The maximum absolute atomic E-state index is 12.2. The molecule has 0 aliphatic carbocycles. The number of amides is 1. The van der Waals surface area contributed by atoms with Crippen LogP contribution in [0.2, 0.25) is 0 Å². The largest absolute Gasteiger partial charge is 0.465 e. The van der Waals surface area contributed by atoms with Crippen LogP contribution in [0.25, 0.3) is 11.4 Å². The Bertz CT molecular complexity index is 876. The molecule has 3 rings (SSSR count). The third-order valence-corrected chi connectivity index (χ3v) is 3.51. The van der Waals surface area contributed by atoms with Gasteiger partial charge in [0.05, 0.1) is 30.8 Å². The second kappa shape index (κ2) is 7.35. The van der Waals surface area contributed by atoms with Gasteiger partial charge in [-0.25, -0.2) is 14.8 Å². The van der Waals surface area contributed by atoms with E-state index in [2.05, 4.69) is 20.0 Å². The first-order valence-electron chi connectivity index (χ1n) is 7.54. The number of nitrogens with zero attached hydrogens (tertiary/aromatic N) is 2. The Morgan fingerprint density at radius 1 is 0.880 bits per heavy atom. The lowest BCUT2D eigenvalue weighted by Crippen LogP contribution is -2.13. The molecule has 6 nitrogen and oxygen atoms in total. The highest BCUT2D eigenvalue weighted by molar-refractivity contribution is 6.04. The van der Waals surface area contributed by atoms with Gasteiger partial charge >= 0.3 is 5.97 Å². The topological polar surface area (TPSA) is 81.2 Å². The Morgan fingerprint density at radius 3 is 2.08 bits per heavy atom. The first-order valence-corrected chi connectivity index (χ1v) is 7.54. The van der Waals surface area contributed by atoms with E-state index >= 15 is 0 Å². The molecule has 0 atom stereocenters. The minimum atomic E-state index is -0.447. The number of ether oxygens (including phenoxy) is 1. The van der Waals surface area contributed by atoms with Gasteiger partial charge in [0.1, 0.15) is 0 Å². The highest BCUT2D eigenvalue weighted by Gasteiger charge is 2.10. The molecule has 0 aliphatic rings. The number of aromatic nitrogens is 2. The molecule has 0 aliphatic heterocycles. The Hall–Kier alpha value is -3.54. The molecular weight excluding hydrogens is 318 g/mol. The summed E-state index contributed by atoms with van der Waals surface area (Å²) < 4.78 is 4.62. The van der Waals surface area contributed by atoms with Crippen LogP contribution in [0.5, 0.6) is 0 Å². The van der Waals surface area contributed by atoms with Gasteiger partial charge in [-0.05, 0) is 24.3 Å². The van der Waals surface area contributed by atoms with E-state index in [9.17, 15) is 9.59 Å². The molecule has 2 aromatic carbocycles. The zero-order chi connectivity index (χ0) is 17.6. The van der Waals surface area contributed by atoms with Gasteiger partial charge in [-0.3, -0.25) is 4.79 Å². The predicted molar refractivity (Wildman–Crippen MR) is 93.2 cm³/mol. The third kappa shape index (κ3) is 3.87. The summed E-state index contributed by atoms with van der Waals surface area (Å²) in [7, 11) is 1.31. The Labute approximate surface area is 144 Å². The predicted octanol–water partition coefficient (Wildman–Crippen LogP) is 3.18. The van der Waals surface area contributed by atoms with Gasteiger partial charge in [-0.15, -0.1) is 0 Å². The highest BCUT2D eigenvalue weighted by Crippen LogP contribution is 2.15. The van der Waals surface area contributed by atoms with Crippen LogP contribution in [-0.4, -0.2) is 29.0 Å². The minimum Gasteiger partial charge on any atom is -0.465 e. The molecule has 0 fully saturated rings. The average Bonchev–Trinajstić information content (AvgIpc) is 2.68. The normalized spacial score (nSPS) is 10.1. The number of methoxy groups -OCH3 is 1. The first-order chi connectivity index (χ1) is 12.2. The summed E-state index contributed by atoms with van der Waals surface area (Å²) in [6.07, 6.45) is 3.10. The molecule has 0 spiro atoms. The van der Waals surface area contributed by atoms with Gasteiger partial charge in [0.2, 0.25) is 0 Å². The molecule has 1 N–H and O–H groups in total. The first kappa shape index (κ1) is 16.3. The molecule has 0 bridgehead atoms. The van der Waals surface area contributed by atoms with Crippen LogP contribution in [0.1, 0.15) is 20.7 Å². The van der Waals surface area contributed by atoms with Crippen molar-refractivity contribution in [2.75, 3.05) is 12.4 Å². The number of esters is 1. The summed E-state index contributed by atoms with van der Waals surface area (Å²) in [5, 5.41) is 2.72. The van der Waals surface area contributed by atoms with Crippen LogP contribution < -0.4 is 5.32 Å². The lowest BCUT2D eigenvalue weighted by atomic mass is 10.1. The van der Waals surface area contributed by atoms with Gasteiger partial charge in [-0.2, -0.15) is 0 Å². The van der Waals surface area contributed by atoms with Crippen LogP contribution >= 0.6 is 0 Å². The maximum atomic E-state index is 12.2. The SMILES string of the molecule is COC(=O)c1ccc(C(=O)Nc2cnc(-c3ccccc3)nc2)cc1. The molecule has 124 valence electrons. The Morgan fingerprint density at radius 2 is 1.48 bits per heavy atom. The number of rotatable bonds is 4. The quantitative estimate of drug-likeness (QED) is 0.742. The smallest absolute Gasteiger partial charge is 0.337 e. The van der Waals surface area contributed by atoms with Crippen LogP contribution in [0, 0.1) is 0 Å². The molecule has 0 saturated carbocycles. The summed E-state index contributed by atoms with van der Waals surface area (Å²) >= 11 is 0. The Balaban J connectivity index is 1.69. The molecular formula is C19H15N3O3. The monoisotopic (exact) mass is 333 g/mol. The third-order valence-electron chi connectivity index (χ3n) is 3.51. The number of anilines is 1. The molecule has 1 amide bonds. The number of hydrogen-bond donors (Lipinski definition) is 1. The van der Waals surface area contributed by atoms with E-state index < -0.39 is 5.97 Å². The van der Waals surface area contributed by atoms with Crippen LogP contribution in [0.3, 0.4) is 0 Å². The van der Waals surface area contributed by atoms with Gasteiger partial charge in [0.25, 0.3) is 5.91 Å². The summed E-state index contributed by atoms with van der Waals surface area (Å²) in [5.74, 6) is -0.176. The summed E-state index contributed by atoms with van der Waals surface area (Å²) in [6.45, 7) is 0. The fourth-order valence-electron chi connectivity index (χ4n) is 2.21. The van der Waals surface area contributed by atoms with Crippen molar-refractivity contribution >= 4 is 17.6 Å². The maximum Gasteiger partial charge on any atom is 0.337 e. The van der Waals surface area contributed by atoms with Crippen LogP contribution in [0.4, 0.5) is 5.69 Å². The minimum absolute atomic E-state index is 0.313. The van der Waals surface area contributed by atoms with Crippen molar-refractivity contribution in [3.63, 3.8) is 0 Å². The molecule has 0 radical (unpaired) electrons. The van der Waals surface area contributed by atoms with Crippen molar-refractivity contribution in [3.8, 4) is 11.4 Å². The second-order valence-electron chi connectivity index (χ2n) is 5.18. The molecule has 0 saturated heterocycles. The van der Waals surface area contributed by atoms with Gasteiger partial charge < -0.3 is 10.1 Å². The number of hydrogen-bond acceptors (Lipinski definition) is 5.